The van der Waals surface area contributed by atoms with Gasteiger partial charge in [0.15, 0.2) is 0 Å². The number of aryl methyl sites for hydroxylation is 1. The van der Waals surface area contributed by atoms with Crippen LogP contribution in [0.2, 0.25) is 0 Å². The van der Waals surface area contributed by atoms with Crippen LogP contribution in [-0.2, 0) is 10.0 Å². The van der Waals surface area contributed by atoms with E-state index in [1.807, 2.05) is 31.2 Å². The Morgan fingerprint density at radius 1 is 1.08 bits per heavy atom. The second-order valence-corrected chi connectivity index (χ2v) is 9.28. The Balaban J connectivity index is 1.88. The summed E-state index contributed by atoms with van der Waals surface area (Å²) in [6.07, 6.45) is 2.99. The van der Waals surface area contributed by atoms with Crippen LogP contribution in [0.5, 0.6) is 0 Å². The second-order valence-electron chi connectivity index (χ2n) is 6.42. The van der Waals surface area contributed by atoms with Crippen LogP contribution in [0, 0.1) is 6.92 Å². The van der Waals surface area contributed by atoms with Gasteiger partial charge in [0.2, 0.25) is 10.0 Å². The van der Waals surface area contributed by atoms with E-state index in [1.54, 1.807) is 16.4 Å². The summed E-state index contributed by atoms with van der Waals surface area (Å²) in [5, 5.41) is 0. The van der Waals surface area contributed by atoms with Crippen molar-refractivity contribution in [1.29, 1.82) is 0 Å². The lowest BCUT2D eigenvalue weighted by atomic mass is 9.95. The van der Waals surface area contributed by atoms with Crippen molar-refractivity contribution in [3.05, 3.63) is 64.1 Å². The third-order valence-electron chi connectivity index (χ3n) is 4.61. The lowest BCUT2D eigenvalue weighted by molar-refractivity contribution is 0.406. The number of hydrogen-bond acceptors (Lipinski definition) is 2. The summed E-state index contributed by atoms with van der Waals surface area (Å²) in [6.45, 7) is 3.11. The first-order chi connectivity index (χ1) is 11.5. The van der Waals surface area contributed by atoms with E-state index in [1.165, 1.54) is 5.56 Å². The topological polar surface area (TPSA) is 37.4 Å². The van der Waals surface area contributed by atoms with Crippen LogP contribution in [-0.4, -0.2) is 25.8 Å². The molecule has 1 unspecified atom stereocenters. The largest absolute Gasteiger partial charge is 0.243 e. The van der Waals surface area contributed by atoms with Gasteiger partial charge in [-0.15, -0.1) is 0 Å². The molecule has 0 aliphatic carbocycles. The molecule has 3 rings (SSSR count). The van der Waals surface area contributed by atoms with E-state index in [4.69, 9.17) is 0 Å². The molecule has 0 spiro atoms. The van der Waals surface area contributed by atoms with E-state index < -0.39 is 10.0 Å². The highest BCUT2D eigenvalue weighted by molar-refractivity contribution is 9.10. The Bertz CT molecular complexity index is 802. The summed E-state index contributed by atoms with van der Waals surface area (Å²) in [7, 11) is -3.43. The van der Waals surface area contributed by atoms with Crippen molar-refractivity contribution >= 4 is 26.0 Å². The maximum atomic E-state index is 13.0. The number of benzene rings is 2. The highest BCUT2D eigenvalue weighted by atomic mass is 79.9. The van der Waals surface area contributed by atoms with Gasteiger partial charge in [-0.25, -0.2) is 8.42 Å². The van der Waals surface area contributed by atoms with Gasteiger partial charge in [0.1, 0.15) is 0 Å². The molecule has 0 radical (unpaired) electrons. The molecule has 0 saturated carbocycles. The smallest absolute Gasteiger partial charge is 0.207 e. The molecule has 0 aromatic heterocycles. The van der Waals surface area contributed by atoms with Crippen molar-refractivity contribution in [1.82, 2.24) is 4.31 Å². The third kappa shape index (κ3) is 3.90. The molecule has 3 nitrogen and oxygen atoms in total. The molecule has 1 aliphatic rings. The van der Waals surface area contributed by atoms with Crippen molar-refractivity contribution in [2.45, 2.75) is 37.0 Å². The highest BCUT2D eigenvalue weighted by Crippen LogP contribution is 2.30. The van der Waals surface area contributed by atoms with Crippen molar-refractivity contribution in [3.63, 3.8) is 0 Å². The molecule has 2 aromatic rings. The van der Waals surface area contributed by atoms with Gasteiger partial charge in [0.05, 0.1) is 4.90 Å². The van der Waals surface area contributed by atoms with Crippen molar-refractivity contribution in [2.75, 3.05) is 13.1 Å². The summed E-state index contributed by atoms with van der Waals surface area (Å²) in [6, 6.07) is 15.4. The van der Waals surface area contributed by atoms with E-state index in [2.05, 4.69) is 28.1 Å². The first-order valence-electron chi connectivity index (χ1n) is 8.29. The average molecular weight is 408 g/mol. The summed E-state index contributed by atoms with van der Waals surface area (Å²) in [4.78, 5) is 0.392. The molecule has 0 bridgehead atoms. The van der Waals surface area contributed by atoms with Gasteiger partial charge in [0.25, 0.3) is 0 Å². The van der Waals surface area contributed by atoms with Crippen molar-refractivity contribution in [2.24, 2.45) is 0 Å². The number of rotatable bonds is 3. The first kappa shape index (κ1) is 17.6. The van der Waals surface area contributed by atoms with Crippen molar-refractivity contribution < 1.29 is 8.42 Å². The van der Waals surface area contributed by atoms with E-state index in [0.717, 1.165) is 29.3 Å². The molecule has 1 heterocycles. The molecule has 2 aromatic carbocycles. The summed E-state index contributed by atoms with van der Waals surface area (Å²) in [5.74, 6) is 0.241. The maximum absolute atomic E-state index is 13.0. The fourth-order valence-corrected chi connectivity index (χ4v) is 5.16. The van der Waals surface area contributed by atoms with Crippen LogP contribution in [0.3, 0.4) is 0 Å². The molecule has 1 aliphatic heterocycles. The minimum absolute atomic E-state index is 0.241. The predicted octanol–water partition coefficient (Wildman–Crippen LogP) is 4.72. The van der Waals surface area contributed by atoms with Gasteiger partial charge in [-0.3, -0.25) is 0 Å². The number of nitrogens with zero attached hydrogens (tertiary/aromatic N) is 1. The zero-order valence-electron chi connectivity index (χ0n) is 13.8. The lowest BCUT2D eigenvalue weighted by Gasteiger charge is -2.24. The van der Waals surface area contributed by atoms with Crippen LogP contribution < -0.4 is 0 Å². The minimum atomic E-state index is -3.43. The lowest BCUT2D eigenvalue weighted by Crippen LogP contribution is -2.34. The standard InChI is InChI=1S/C19H22BrNO2S/c1-15-8-10-19(11-9-15)24(22,23)21-12-3-2-5-17(14-21)16-6-4-7-18(20)13-16/h4,6-11,13,17H,2-3,5,12,14H2,1H3. The summed E-state index contributed by atoms with van der Waals surface area (Å²) < 4.78 is 28.7. The molecule has 1 fully saturated rings. The van der Waals surface area contributed by atoms with E-state index in [-0.39, 0.29) is 5.92 Å². The quantitative estimate of drug-likeness (QED) is 0.737. The molecule has 0 amide bonds. The minimum Gasteiger partial charge on any atom is -0.207 e. The third-order valence-corrected chi connectivity index (χ3v) is 6.99. The predicted molar refractivity (Wildman–Crippen MR) is 101 cm³/mol. The van der Waals surface area contributed by atoms with Gasteiger partial charge >= 0.3 is 0 Å². The van der Waals surface area contributed by atoms with Gasteiger partial charge in [-0.05, 0) is 55.5 Å². The second kappa shape index (κ2) is 7.38. The average Bonchev–Trinajstić information content (AvgIpc) is 2.82. The molecule has 1 saturated heterocycles. The molecule has 128 valence electrons. The van der Waals surface area contributed by atoms with Crippen LogP contribution in [0.15, 0.2) is 57.9 Å². The zero-order valence-corrected chi connectivity index (χ0v) is 16.2. The normalized spacial score (nSPS) is 19.8. The van der Waals surface area contributed by atoms with Gasteiger partial charge in [0, 0.05) is 17.6 Å². The Labute approximate surface area is 152 Å². The van der Waals surface area contributed by atoms with Gasteiger partial charge in [-0.2, -0.15) is 4.31 Å². The van der Waals surface area contributed by atoms with Crippen LogP contribution >= 0.6 is 15.9 Å². The molecular weight excluding hydrogens is 386 g/mol. The van der Waals surface area contributed by atoms with Gasteiger partial charge < -0.3 is 0 Å². The summed E-state index contributed by atoms with van der Waals surface area (Å²) in [5.41, 5.74) is 2.27. The number of halogens is 1. The van der Waals surface area contributed by atoms with E-state index in [0.29, 0.717) is 18.0 Å². The van der Waals surface area contributed by atoms with Crippen LogP contribution in [0.25, 0.3) is 0 Å². The fraction of sp³-hybridized carbons (Fsp3) is 0.368. The Morgan fingerprint density at radius 3 is 2.54 bits per heavy atom. The van der Waals surface area contributed by atoms with Crippen LogP contribution in [0.4, 0.5) is 0 Å². The van der Waals surface area contributed by atoms with Crippen LogP contribution in [0.1, 0.15) is 36.3 Å². The van der Waals surface area contributed by atoms with E-state index in [9.17, 15) is 8.42 Å². The SMILES string of the molecule is Cc1ccc(S(=O)(=O)N2CCCCC(c3cccc(Br)c3)C2)cc1. The molecule has 1 atom stereocenters. The molecule has 24 heavy (non-hydrogen) atoms. The molecule has 5 heteroatoms. The van der Waals surface area contributed by atoms with Crippen molar-refractivity contribution in [3.8, 4) is 0 Å². The first-order valence-corrected chi connectivity index (χ1v) is 10.5. The zero-order chi connectivity index (χ0) is 17.2. The Morgan fingerprint density at radius 2 is 1.83 bits per heavy atom. The number of hydrogen-bond donors (Lipinski definition) is 0. The maximum Gasteiger partial charge on any atom is 0.243 e. The van der Waals surface area contributed by atoms with Gasteiger partial charge in [-0.1, -0.05) is 52.2 Å². The summed E-state index contributed by atoms with van der Waals surface area (Å²) >= 11 is 3.51. The number of sulfonamides is 1. The monoisotopic (exact) mass is 407 g/mol. The van der Waals surface area contributed by atoms with E-state index >= 15 is 0 Å². The fourth-order valence-electron chi connectivity index (χ4n) is 3.22. The molecule has 0 N–H and O–H groups in total. The Kier molecular flexibility index (Phi) is 5.42. The molecular formula is C19H22BrNO2S. The highest BCUT2D eigenvalue weighted by Gasteiger charge is 2.29. The Hall–Kier alpha value is -1.17.